The summed E-state index contributed by atoms with van der Waals surface area (Å²) in [5, 5.41) is 14.0. The number of nitro groups is 1. The molecule has 9 heteroatoms. The summed E-state index contributed by atoms with van der Waals surface area (Å²) in [6.45, 7) is -0.249. The van der Waals surface area contributed by atoms with E-state index in [0.717, 1.165) is 0 Å². The second kappa shape index (κ2) is 9.39. The van der Waals surface area contributed by atoms with Gasteiger partial charge in [0.15, 0.2) is 6.61 Å². The molecule has 0 heterocycles. The number of benzene rings is 3. The Kier molecular flexibility index (Phi) is 6.66. The molecule has 3 aromatic carbocycles. The molecule has 1 N–H and O–H groups in total. The number of amides is 1. The van der Waals surface area contributed by atoms with E-state index in [1.807, 2.05) is 0 Å². The van der Waals surface area contributed by atoms with Gasteiger partial charge >= 0.3 is 0 Å². The van der Waals surface area contributed by atoms with Crippen LogP contribution in [0.3, 0.4) is 0 Å². The number of rotatable bonds is 7. The van der Waals surface area contributed by atoms with Crippen molar-refractivity contribution in [3.63, 3.8) is 0 Å². The topological polar surface area (TPSA) is 98.5 Å². The first-order chi connectivity index (χ1) is 14.3. The van der Waals surface area contributed by atoms with Crippen molar-refractivity contribution in [2.75, 3.05) is 11.9 Å². The van der Waals surface area contributed by atoms with Crippen molar-refractivity contribution in [2.45, 2.75) is 0 Å². The van der Waals surface area contributed by atoms with Crippen molar-refractivity contribution in [2.24, 2.45) is 0 Å². The quantitative estimate of drug-likeness (QED) is 0.298. The van der Waals surface area contributed by atoms with Gasteiger partial charge in [0.1, 0.15) is 5.75 Å². The Morgan fingerprint density at radius 2 is 1.73 bits per heavy atom. The lowest BCUT2D eigenvalue weighted by Crippen LogP contribution is -2.13. The second-order valence-electron chi connectivity index (χ2n) is 6.12. The third kappa shape index (κ3) is 5.34. The van der Waals surface area contributed by atoms with Crippen LogP contribution in [0.2, 0.25) is 10.0 Å². The number of ether oxygens (including phenoxy) is 1. The molecule has 0 fully saturated rings. The largest absolute Gasteiger partial charge is 0.485 e. The van der Waals surface area contributed by atoms with Crippen LogP contribution in [0.1, 0.15) is 20.7 Å². The van der Waals surface area contributed by atoms with Crippen LogP contribution in [0, 0.1) is 10.1 Å². The maximum absolute atomic E-state index is 12.3. The fourth-order valence-electron chi connectivity index (χ4n) is 2.54. The summed E-state index contributed by atoms with van der Waals surface area (Å²) in [5.74, 6) is -0.391. The molecule has 3 aromatic rings. The van der Waals surface area contributed by atoms with Crippen LogP contribution in [0.4, 0.5) is 11.4 Å². The van der Waals surface area contributed by atoms with E-state index in [4.69, 9.17) is 27.9 Å². The first kappa shape index (κ1) is 21.3. The molecule has 30 heavy (non-hydrogen) atoms. The molecule has 0 bridgehead atoms. The SMILES string of the molecule is O=C(Nc1cccc(OCC(=O)c2ccc(Cl)cc2Cl)c1)c1ccc([N+](=O)[O-])cc1. The molecule has 0 aliphatic carbocycles. The van der Waals surface area contributed by atoms with Gasteiger partial charge in [-0.25, -0.2) is 0 Å². The maximum atomic E-state index is 12.3. The van der Waals surface area contributed by atoms with Crippen molar-refractivity contribution in [3.8, 4) is 5.75 Å². The molecule has 7 nitrogen and oxygen atoms in total. The molecular formula is C21H14Cl2N2O5. The molecule has 0 aliphatic rings. The number of Topliss-reactive ketones (excluding diaryl/α,β-unsaturated/α-hetero) is 1. The highest BCUT2D eigenvalue weighted by Gasteiger charge is 2.13. The Balaban J connectivity index is 1.63. The Morgan fingerprint density at radius 3 is 2.40 bits per heavy atom. The van der Waals surface area contributed by atoms with E-state index in [2.05, 4.69) is 5.32 Å². The highest BCUT2D eigenvalue weighted by molar-refractivity contribution is 6.36. The minimum absolute atomic E-state index is 0.104. The van der Waals surface area contributed by atoms with Crippen LogP contribution < -0.4 is 10.1 Å². The number of halogens is 2. The molecule has 0 radical (unpaired) electrons. The lowest BCUT2D eigenvalue weighted by molar-refractivity contribution is -0.384. The van der Waals surface area contributed by atoms with Crippen LogP contribution in [0.25, 0.3) is 0 Å². The number of nitrogens with one attached hydrogen (secondary N) is 1. The predicted molar refractivity (Wildman–Crippen MR) is 114 cm³/mol. The number of anilines is 1. The molecular weight excluding hydrogens is 431 g/mol. The van der Waals surface area contributed by atoms with Crippen LogP contribution in [-0.2, 0) is 0 Å². The van der Waals surface area contributed by atoms with Crippen molar-refractivity contribution >= 4 is 46.3 Å². The van der Waals surface area contributed by atoms with Crippen LogP contribution >= 0.6 is 23.2 Å². The zero-order chi connectivity index (χ0) is 21.7. The van der Waals surface area contributed by atoms with Crippen molar-refractivity contribution in [1.82, 2.24) is 0 Å². The van der Waals surface area contributed by atoms with Gasteiger partial charge in [0.25, 0.3) is 11.6 Å². The number of hydrogen-bond donors (Lipinski definition) is 1. The summed E-state index contributed by atoms with van der Waals surface area (Å²) in [6.07, 6.45) is 0. The Morgan fingerprint density at radius 1 is 1.00 bits per heavy atom. The number of ketones is 1. The summed E-state index contributed by atoms with van der Waals surface area (Å²) in [5.41, 5.74) is 0.892. The van der Waals surface area contributed by atoms with Gasteiger partial charge in [0, 0.05) is 40.0 Å². The molecule has 152 valence electrons. The van der Waals surface area contributed by atoms with Gasteiger partial charge in [-0.05, 0) is 42.5 Å². The highest BCUT2D eigenvalue weighted by atomic mass is 35.5. The molecule has 1 amide bonds. The lowest BCUT2D eigenvalue weighted by atomic mass is 10.1. The molecule has 0 unspecified atom stereocenters. The first-order valence-corrected chi connectivity index (χ1v) is 9.36. The molecule has 0 spiro atoms. The summed E-state index contributed by atoms with van der Waals surface area (Å²) in [4.78, 5) is 34.8. The van der Waals surface area contributed by atoms with Gasteiger partial charge in [0.2, 0.25) is 5.78 Å². The van der Waals surface area contributed by atoms with E-state index >= 15 is 0 Å². The number of carbonyl (C=O) groups excluding carboxylic acids is 2. The van der Waals surface area contributed by atoms with E-state index in [1.165, 1.54) is 36.4 Å². The van der Waals surface area contributed by atoms with Gasteiger partial charge in [0.05, 0.1) is 9.95 Å². The number of nitro benzene ring substituents is 1. The monoisotopic (exact) mass is 444 g/mol. The molecule has 0 aromatic heterocycles. The molecule has 3 rings (SSSR count). The normalized spacial score (nSPS) is 10.3. The third-order valence-electron chi connectivity index (χ3n) is 4.03. The van der Waals surface area contributed by atoms with E-state index in [0.29, 0.717) is 22.0 Å². The number of hydrogen-bond acceptors (Lipinski definition) is 5. The number of nitrogens with zero attached hydrogens (tertiary/aromatic N) is 1. The standard InChI is InChI=1S/C21H14Cl2N2O5/c22-14-6-9-18(19(23)10-14)20(26)12-30-17-3-1-2-15(11-17)24-21(27)13-4-7-16(8-5-13)25(28)29/h1-11H,12H2,(H,24,27). The molecule has 0 atom stereocenters. The number of non-ortho nitro benzene ring substituents is 1. The van der Waals surface area contributed by atoms with E-state index in [1.54, 1.807) is 30.3 Å². The van der Waals surface area contributed by atoms with E-state index in [9.17, 15) is 19.7 Å². The van der Waals surface area contributed by atoms with Crippen molar-refractivity contribution in [1.29, 1.82) is 0 Å². The third-order valence-corrected chi connectivity index (χ3v) is 4.58. The zero-order valence-corrected chi connectivity index (χ0v) is 16.8. The van der Waals surface area contributed by atoms with Crippen LogP contribution in [-0.4, -0.2) is 23.2 Å². The second-order valence-corrected chi connectivity index (χ2v) is 6.97. The zero-order valence-electron chi connectivity index (χ0n) is 15.3. The van der Waals surface area contributed by atoms with Crippen molar-refractivity contribution < 1.29 is 19.2 Å². The average molecular weight is 445 g/mol. The molecule has 0 aliphatic heterocycles. The summed E-state index contributed by atoms with van der Waals surface area (Å²) in [7, 11) is 0. The average Bonchev–Trinajstić information content (AvgIpc) is 2.72. The van der Waals surface area contributed by atoms with E-state index < -0.39 is 10.8 Å². The predicted octanol–water partition coefficient (Wildman–Crippen LogP) is 5.42. The summed E-state index contributed by atoms with van der Waals surface area (Å²) < 4.78 is 5.51. The smallest absolute Gasteiger partial charge is 0.269 e. The molecule has 0 saturated heterocycles. The van der Waals surface area contributed by atoms with Gasteiger partial charge in [-0.2, -0.15) is 0 Å². The van der Waals surface area contributed by atoms with Gasteiger partial charge in [-0.1, -0.05) is 29.3 Å². The fraction of sp³-hybridized carbons (Fsp3) is 0.0476. The molecule has 0 saturated carbocycles. The lowest BCUT2D eigenvalue weighted by Gasteiger charge is -2.10. The Bertz CT molecular complexity index is 1120. The fourth-order valence-corrected chi connectivity index (χ4v) is 3.06. The van der Waals surface area contributed by atoms with Gasteiger partial charge in [-0.15, -0.1) is 0 Å². The van der Waals surface area contributed by atoms with Gasteiger partial charge < -0.3 is 10.1 Å². The first-order valence-electron chi connectivity index (χ1n) is 8.60. The van der Waals surface area contributed by atoms with Crippen molar-refractivity contribution in [3.05, 3.63) is 98.0 Å². The minimum atomic E-state index is -0.541. The number of carbonyl (C=O) groups is 2. The van der Waals surface area contributed by atoms with Crippen LogP contribution in [0.15, 0.2) is 66.7 Å². The summed E-state index contributed by atoms with van der Waals surface area (Å²) in [6, 6.07) is 16.3. The Labute approximate surface area is 181 Å². The Hall–Kier alpha value is -3.42. The summed E-state index contributed by atoms with van der Waals surface area (Å²) >= 11 is 11.9. The van der Waals surface area contributed by atoms with Crippen LogP contribution in [0.5, 0.6) is 5.75 Å². The van der Waals surface area contributed by atoms with E-state index in [-0.39, 0.29) is 28.7 Å². The minimum Gasteiger partial charge on any atom is -0.485 e. The van der Waals surface area contributed by atoms with Gasteiger partial charge in [-0.3, -0.25) is 19.7 Å². The maximum Gasteiger partial charge on any atom is 0.269 e. The highest BCUT2D eigenvalue weighted by Crippen LogP contribution is 2.23.